The Kier molecular flexibility index (Phi) is 6.45. The zero-order valence-corrected chi connectivity index (χ0v) is 12.4. The summed E-state index contributed by atoms with van der Waals surface area (Å²) in [5, 5.41) is 3.57. The van der Waals surface area contributed by atoms with E-state index in [0.717, 1.165) is 6.54 Å². The van der Waals surface area contributed by atoms with Crippen LogP contribution in [0.5, 0.6) is 0 Å². The maximum Gasteiger partial charge on any atom is 0.0219 e. The lowest BCUT2D eigenvalue weighted by molar-refractivity contribution is 0.0755. The lowest BCUT2D eigenvalue weighted by Crippen LogP contribution is -2.54. The van der Waals surface area contributed by atoms with Crippen molar-refractivity contribution >= 4 is 0 Å². The summed E-state index contributed by atoms with van der Waals surface area (Å²) in [7, 11) is 0. The molecule has 1 unspecified atom stereocenters. The Morgan fingerprint density at radius 3 is 1.88 bits per heavy atom. The molecule has 1 saturated heterocycles. The van der Waals surface area contributed by atoms with Gasteiger partial charge in [-0.3, -0.25) is 9.80 Å². The van der Waals surface area contributed by atoms with E-state index in [1.807, 2.05) is 0 Å². The lowest BCUT2D eigenvalue weighted by Gasteiger charge is -2.41. The maximum atomic E-state index is 3.57. The summed E-state index contributed by atoms with van der Waals surface area (Å²) < 4.78 is 0. The van der Waals surface area contributed by atoms with Gasteiger partial charge in [-0.25, -0.2) is 0 Å². The van der Waals surface area contributed by atoms with Crippen LogP contribution < -0.4 is 5.32 Å². The van der Waals surface area contributed by atoms with Gasteiger partial charge < -0.3 is 5.32 Å². The van der Waals surface area contributed by atoms with E-state index in [1.165, 1.54) is 32.6 Å². The zero-order chi connectivity index (χ0) is 12.8. The predicted octanol–water partition coefficient (Wildman–Crippen LogP) is 1.79. The van der Waals surface area contributed by atoms with E-state index in [4.69, 9.17) is 0 Å². The standard InChI is InChI=1S/C14H31N3/c1-6-14(11-15-12(2)3)17-9-7-16(8-10-17)13(4)5/h12-15H,6-11H2,1-5H3. The summed E-state index contributed by atoms with van der Waals surface area (Å²) in [4.78, 5) is 5.24. The van der Waals surface area contributed by atoms with Gasteiger partial charge in [0.15, 0.2) is 0 Å². The van der Waals surface area contributed by atoms with Crippen LogP contribution in [0.1, 0.15) is 41.0 Å². The third kappa shape index (κ3) is 4.94. The number of hydrogen-bond donors (Lipinski definition) is 1. The van der Waals surface area contributed by atoms with Gasteiger partial charge in [-0.05, 0) is 20.3 Å². The minimum absolute atomic E-state index is 0.598. The summed E-state index contributed by atoms with van der Waals surface area (Å²) in [5.41, 5.74) is 0. The SMILES string of the molecule is CCC(CNC(C)C)N1CCN(C(C)C)CC1. The molecule has 1 fully saturated rings. The molecule has 0 aromatic heterocycles. The van der Waals surface area contributed by atoms with Crippen molar-refractivity contribution in [3.8, 4) is 0 Å². The summed E-state index contributed by atoms with van der Waals surface area (Å²) >= 11 is 0. The van der Waals surface area contributed by atoms with E-state index in [2.05, 4.69) is 49.7 Å². The Morgan fingerprint density at radius 2 is 1.47 bits per heavy atom. The van der Waals surface area contributed by atoms with Crippen LogP contribution in [0.4, 0.5) is 0 Å². The second-order valence-corrected chi connectivity index (χ2v) is 5.79. The molecular weight excluding hydrogens is 210 g/mol. The van der Waals surface area contributed by atoms with Crippen molar-refractivity contribution < 1.29 is 0 Å². The first-order valence-corrected chi connectivity index (χ1v) is 7.26. The molecule has 3 heteroatoms. The second kappa shape index (κ2) is 7.34. The van der Waals surface area contributed by atoms with E-state index >= 15 is 0 Å². The minimum Gasteiger partial charge on any atom is -0.313 e. The fourth-order valence-electron chi connectivity index (χ4n) is 2.52. The second-order valence-electron chi connectivity index (χ2n) is 5.79. The summed E-state index contributed by atoms with van der Waals surface area (Å²) in [5.74, 6) is 0. The average molecular weight is 241 g/mol. The molecule has 3 nitrogen and oxygen atoms in total. The number of nitrogens with zero attached hydrogens (tertiary/aromatic N) is 2. The van der Waals surface area contributed by atoms with E-state index in [1.54, 1.807) is 0 Å². The maximum absolute atomic E-state index is 3.57. The smallest absolute Gasteiger partial charge is 0.0219 e. The molecule has 17 heavy (non-hydrogen) atoms. The molecule has 102 valence electrons. The molecule has 1 N–H and O–H groups in total. The van der Waals surface area contributed by atoms with Gasteiger partial charge in [-0.1, -0.05) is 20.8 Å². The Hall–Kier alpha value is -0.120. The highest BCUT2D eigenvalue weighted by molar-refractivity contribution is 4.80. The van der Waals surface area contributed by atoms with Gasteiger partial charge in [0.05, 0.1) is 0 Å². The third-order valence-electron chi connectivity index (χ3n) is 3.83. The van der Waals surface area contributed by atoms with E-state index < -0.39 is 0 Å². The summed E-state index contributed by atoms with van der Waals surface area (Å²) in [6.45, 7) is 17.4. The summed E-state index contributed by atoms with van der Waals surface area (Å²) in [6.07, 6.45) is 1.25. The lowest BCUT2D eigenvalue weighted by atomic mass is 10.1. The molecule has 1 rings (SSSR count). The number of hydrogen-bond acceptors (Lipinski definition) is 3. The van der Waals surface area contributed by atoms with Crippen molar-refractivity contribution in [2.45, 2.75) is 59.2 Å². The van der Waals surface area contributed by atoms with Crippen LogP contribution in [0.15, 0.2) is 0 Å². The fourth-order valence-corrected chi connectivity index (χ4v) is 2.52. The molecule has 0 radical (unpaired) electrons. The van der Waals surface area contributed by atoms with Gasteiger partial charge in [-0.2, -0.15) is 0 Å². The molecule has 0 spiro atoms. The highest BCUT2D eigenvalue weighted by atomic mass is 15.3. The molecule has 1 atom stereocenters. The molecule has 0 aromatic rings. The topological polar surface area (TPSA) is 18.5 Å². The zero-order valence-electron chi connectivity index (χ0n) is 12.4. The van der Waals surface area contributed by atoms with E-state index in [0.29, 0.717) is 18.1 Å². The first-order chi connectivity index (χ1) is 8.04. The van der Waals surface area contributed by atoms with Gasteiger partial charge >= 0.3 is 0 Å². The van der Waals surface area contributed by atoms with Gasteiger partial charge in [0.2, 0.25) is 0 Å². The normalized spacial score (nSPS) is 21.4. The molecule has 0 bridgehead atoms. The van der Waals surface area contributed by atoms with Crippen LogP contribution in [0.3, 0.4) is 0 Å². The molecule has 0 saturated carbocycles. The van der Waals surface area contributed by atoms with Crippen molar-refractivity contribution in [1.82, 2.24) is 15.1 Å². The molecular formula is C14H31N3. The van der Waals surface area contributed by atoms with Gasteiger partial charge in [0.25, 0.3) is 0 Å². The van der Waals surface area contributed by atoms with Crippen molar-refractivity contribution in [3.05, 3.63) is 0 Å². The largest absolute Gasteiger partial charge is 0.313 e. The predicted molar refractivity (Wildman–Crippen MR) is 75.5 cm³/mol. The van der Waals surface area contributed by atoms with E-state index in [9.17, 15) is 0 Å². The third-order valence-corrected chi connectivity index (χ3v) is 3.83. The average Bonchev–Trinajstić information content (AvgIpc) is 2.30. The van der Waals surface area contributed by atoms with Gasteiger partial charge in [-0.15, -0.1) is 0 Å². The van der Waals surface area contributed by atoms with Crippen LogP contribution in [-0.4, -0.2) is 60.6 Å². The van der Waals surface area contributed by atoms with Crippen molar-refractivity contribution in [2.75, 3.05) is 32.7 Å². The van der Waals surface area contributed by atoms with Crippen molar-refractivity contribution in [1.29, 1.82) is 0 Å². The molecule has 1 heterocycles. The fraction of sp³-hybridized carbons (Fsp3) is 1.00. The minimum atomic E-state index is 0.598. The highest BCUT2D eigenvalue weighted by Crippen LogP contribution is 2.11. The Balaban J connectivity index is 2.34. The Labute approximate surface area is 108 Å². The van der Waals surface area contributed by atoms with Crippen LogP contribution in [0.25, 0.3) is 0 Å². The van der Waals surface area contributed by atoms with Crippen molar-refractivity contribution in [3.63, 3.8) is 0 Å². The Bertz CT molecular complexity index is 196. The molecule has 0 aromatic carbocycles. The Morgan fingerprint density at radius 1 is 0.941 bits per heavy atom. The quantitative estimate of drug-likeness (QED) is 0.765. The monoisotopic (exact) mass is 241 g/mol. The number of rotatable bonds is 6. The van der Waals surface area contributed by atoms with Gasteiger partial charge in [0, 0.05) is 50.8 Å². The first kappa shape index (κ1) is 14.9. The van der Waals surface area contributed by atoms with Crippen LogP contribution in [-0.2, 0) is 0 Å². The molecule has 1 aliphatic rings. The van der Waals surface area contributed by atoms with Crippen LogP contribution >= 0.6 is 0 Å². The molecule has 1 aliphatic heterocycles. The van der Waals surface area contributed by atoms with Crippen LogP contribution in [0.2, 0.25) is 0 Å². The molecule has 0 aliphatic carbocycles. The summed E-state index contributed by atoms with van der Waals surface area (Å²) in [6, 6.07) is 2.01. The van der Waals surface area contributed by atoms with E-state index in [-0.39, 0.29) is 0 Å². The number of nitrogens with one attached hydrogen (secondary N) is 1. The highest BCUT2D eigenvalue weighted by Gasteiger charge is 2.23. The molecule has 0 amide bonds. The number of piperazine rings is 1. The van der Waals surface area contributed by atoms with Crippen LogP contribution in [0, 0.1) is 0 Å². The van der Waals surface area contributed by atoms with Gasteiger partial charge in [0.1, 0.15) is 0 Å². The first-order valence-electron chi connectivity index (χ1n) is 7.26. The van der Waals surface area contributed by atoms with Crippen molar-refractivity contribution in [2.24, 2.45) is 0 Å².